The van der Waals surface area contributed by atoms with Gasteiger partial charge in [-0.05, 0) is 47.8 Å². The fourth-order valence-electron chi connectivity index (χ4n) is 2.75. The van der Waals surface area contributed by atoms with Crippen molar-refractivity contribution >= 4 is 34.0 Å². The van der Waals surface area contributed by atoms with Crippen molar-refractivity contribution in [2.75, 3.05) is 5.32 Å². The summed E-state index contributed by atoms with van der Waals surface area (Å²) in [6.07, 6.45) is 0. The molecule has 0 unspecified atom stereocenters. The van der Waals surface area contributed by atoms with Crippen molar-refractivity contribution in [3.63, 3.8) is 0 Å². The summed E-state index contributed by atoms with van der Waals surface area (Å²) >= 11 is 1.35. The van der Waals surface area contributed by atoms with Crippen molar-refractivity contribution in [2.24, 2.45) is 0 Å². The van der Waals surface area contributed by atoms with E-state index in [1.807, 2.05) is 5.38 Å². The summed E-state index contributed by atoms with van der Waals surface area (Å²) in [4.78, 5) is 17.0. The minimum Gasteiger partial charge on any atom is -0.321 e. The van der Waals surface area contributed by atoms with Gasteiger partial charge in [-0.15, -0.1) is 11.3 Å². The summed E-state index contributed by atoms with van der Waals surface area (Å²) in [5.41, 5.74) is 2.04. The van der Waals surface area contributed by atoms with Crippen molar-refractivity contribution < 1.29 is 13.6 Å². The van der Waals surface area contributed by atoms with Crippen LogP contribution >= 0.6 is 11.3 Å². The third-order valence-electron chi connectivity index (χ3n) is 3.94. The van der Waals surface area contributed by atoms with Gasteiger partial charge in [-0.1, -0.05) is 18.2 Å². The quantitative estimate of drug-likeness (QED) is 0.523. The Labute approximate surface area is 151 Å². The Balaban J connectivity index is 1.66. The molecule has 0 aliphatic rings. The number of anilines is 1. The van der Waals surface area contributed by atoms with E-state index in [4.69, 9.17) is 0 Å². The van der Waals surface area contributed by atoms with Crippen LogP contribution in [0.5, 0.6) is 0 Å². The van der Waals surface area contributed by atoms with E-state index in [9.17, 15) is 13.6 Å². The minimum absolute atomic E-state index is 0.192. The number of imidazole rings is 1. The van der Waals surface area contributed by atoms with Gasteiger partial charge in [0.25, 0.3) is 5.91 Å². The van der Waals surface area contributed by atoms with Crippen molar-refractivity contribution in [1.29, 1.82) is 0 Å². The number of thiophene rings is 1. The van der Waals surface area contributed by atoms with Crippen molar-refractivity contribution in [2.45, 2.75) is 6.55 Å². The molecule has 1 N–H and O–H groups in total. The van der Waals surface area contributed by atoms with E-state index in [0.717, 1.165) is 4.57 Å². The zero-order valence-corrected chi connectivity index (χ0v) is 14.2. The van der Waals surface area contributed by atoms with Crippen LogP contribution < -0.4 is 5.32 Å². The Morgan fingerprint density at radius 2 is 1.81 bits per heavy atom. The van der Waals surface area contributed by atoms with Crippen molar-refractivity contribution in [3.8, 4) is 11.4 Å². The molecule has 0 saturated carbocycles. The van der Waals surface area contributed by atoms with Gasteiger partial charge in [0.05, 0.1) is 15.9 Å². The lowest BCUT2D eigenvalue weighted by Gasteiger charge is -2.09. The molecule has 0 saturated heterocycles. The van der Waals surface area contributed by atoms with Crippen LogP contribution in [0.4, 0.5) is 14.5 Å². The maximum Gasteiger partial charge on any atom is 0.320 e. The molecule has 130 valence electrons. The fraction of sp³-hybridized carbons (Fsp3) is 0.0526. The predicted molar refractivity (Wildman–Crippen MR) is 98.7 cm³/mol. The number of halogens is 2. The van der Waals surface area contributed by atoms with Crippen molar-refractivity contribution in [1.82, 2.24) is 9.55 Å². The molecule has 7 heteroatoms. The Hall–Kier alpha value is -3.06. The monoisotopic (exact) mass is 369 g/mol. The van der Waals surface area contributed by atoms with Gasteiger partial charge in [0.2, 0.25) is 0 Å². The number of carbonyl (C=O) groups is 1. The summed E-state index contributed by atoms with van der Waals surface area (Å²) in [6, 6.07) is 17.0. The largest absolute Gasteiger partial charge is 0.321 e. The molecule has 0 aliphatic carbocycles. The number of para-hydroxylation sites is 2. The van der Waals surface area contributed by atoms with E-state index in [2.05, 4.69) is 10.3 Å². The molecule has 26 heavy (non-hydrogen) atoms. The first-order chi connectivity index (χ1) is 12.6. The average molecular weight is 369 g/mol. The maximum absolute atomic E-state index is 13.6. The third-order valence-corrected chi connectivity index (χ3v) is 4.81. The van der Waals surface area contributed by atoms with Crippen LogP contribution in [0.2, 0.25) is 0 Å². The number of aromatic nitrogens is 2. The van der Waals surface area contributed by atoms with Gasteiger partial charge in [-0.2, -0.15) is 8.78 Å². The highest BCUT2D eigenvalue weighted by atomic mass is 32.1. The molecule has 4 nitrogen and oxygen atoms in total. The molecule has 0 bridgehead atoms. The van der Waals surface area contributed by atoms with Gasteiger partial charge in [0.1, 0.15) is 5.82 Å². The molecule has 1 amide bonds. The Bertz CT molecular complexity index is 1060. The summed E-state index contributed by atoms with van der Waals surface area (Å²) in [7, 11) is 0. The summed E-state index contributed by atoms with van der Waals surface area (Å²) in [5, 5.41) is 4.61. The second-order valence-electron chi connectivity index (χ2n) is 5.58. The standard InChI is InChI=1S/C19H13F2N3OS/c20-19(21)24-15-5-2-1-4-14(15)23-17(24)12-7-9-13(10-8-12)22-18(25)16-6-3-11-26-16/h1-11,19H,(H,22,25). The average Bonchev–Trinajstić information content (AvgIpc) is 3.30. The summed E-state index contributed by atoms with van der Waals surface area (Å²) < 4.78 is 28.0. The smallest absolute Gasteiger partial charge is 0.320 e. The lowest BCUT2D eigenvalue weighted by atomic mass is 10.2. The first kappa shape index (κ1) is 16.4. The normalized spacial score (nSPS) is 11.2. The predicted octanol–water partition coefficient (Wildman–Crippen LogP) is 5.41. The van der Waals surface area contributed by atoms with Crippen molar-refractivity contribution in [3.05, 3.63) is 70.9 Å². The van der Waals surface area contributed by atoms with Crippen LogP contribution in [0, 0.1) is 0 Å². The van der Waals surface area contributed by atoms with E-state index in [1.165, 1.54) is 11.3 Å². The Morgan fingerprint density at radius 1 is 1.04 bits per heavy atom. The number of fused-ring (bicyclic) bond motifs is 1. The van der Waals surface area contributed by atoms with Crippen LogP contribution in [0.15, 0.2) is 66.0 Å². The fourth-order valence-corrected chi connectivity index (χ4v) is 3.37. The molecule has 0 aliphatic heterocycles. The first-order valence-corrected chi connectivity index (χ1v) is 8.72. The second kappa shape index (κ2) is 6.68. The second-order valence-corrected chi connectivity index (χ2v) is 6.53. The molecule has 0 spiro atoms. The van der Waals surface area contributed by atoms with E-state index < -0.39 is 6.55 Å². The number of alkyl halides is 2. The van der Waals surface area contributed by atoms with Gasteiger partial charge in [-0.25, -0.2) is 4.98 Å². The number of nitrogens with zero attached hydrogens (tertiary/aromatic N) is 2. The molecule has 4 aromatic rings. The Morgan fingerprint density at radius 3 is 2.50 bits per heavy atom. The van der Waals surface area contributed by atoms with E-state index in [1.54, 1.807) is 60.7 Å². The van der Waals surface area contributed by atoms with Crippen LogP contribution in [-0.2, 0) is 0 Å². The zero-order chi connectivity index (χ0) is 18.1. The number of nitrogens with one attached hydrogen (secondary N) is 1. The number of rotatable bonds is 4. The van der Waals surface area contributed by atoms with E-state index in [0.29, 0.717) is 27.2 Å². The molecular weight excluding hydrogens is 356 g/mol. The van der Waals surface area contributed by atoms with Crippen LogP contribution in [-0.4, -0.2) is 15.5 Å². The molecule has 2 heterocycles. The SMILES string of the molecule is O=C(Nc1ccc(-c2nc3ccccc3n2C(F)F)cc1)c1cccs1. The highest BCUT2D eigenvalue weighted by molar-refractivity contribution is 7.12. The maximum atomic E-state index is 13.6. The van der Waals surface area contributed by atoms with Gasteiger partial charge in [0, 0.05) is 11.3 Å². The molecular formula is C19H13F2N3OS. The van der Waals surface area contributed by atoms with Crippen LogP contribution in [0.25, 0.3) is 22.4 Å². The molecule has 0 radical (unpaired) electrons. The number of benzene rings is 2. The van der Waals surface area contributed by atoms with Gasteiger partial charge >= 0.3 is 6.55 Å². The molecule has 0 fully saturated rings. The Kier molecular flexibility index (Phi) is 4.22. The number of hydrogen-bond donors (Lipinski definition) is 1. The van der Waals surface area contributed by atoms with Gasteiger partial charge in [0.15, 0.2) is 0 Å². The van der Waals surface area contributed by atoms with E-state index in [-0.39, 0.29) is 11.7 Å². The number of amides is 1. The topological polar surface area (TPSA) is 46.9 Å². The van der Waals surface area contributed by atoms with Gasteiger partial charge < -0.3 is 5.32 Å². The van der Waals surface area contributed by atoms with Gasteiger partial charge in [-0.3, -0.25) is 9.36 Å². The molecule has 2 aromatic heterocycles. The first-order valence-electron chi connectivity index (χ1n) is 7.84. The highest BCUT2D eigenvalue weighted by Gasteiger charge is 2.18. The number of hydrogen-bond acceptors (Lipinski definition) is 3. The summed E-state index contributed by atoms with van der Waals surface area (Å²) in [6.45, 7) is -2.70. The lowest BCUT2D eigenvalue weighted by Crippen LogP contribution is -2.09. The number of carbonyl (C=O) groups excluding carboxylic acids is 1. The zero-order valence-electron chi connectivity index (χ0n) is 13.4. The van der Waals surface area contributed by atoms with E-state index >= 15 is 0 Å². The third kappa shape index (κ3) is 2.97. The van der Waals surface area contributed by atoms with Crippen LogP contribution in [0.1, 0.15) is 16.2 Å². The lowest BCUT2D eigenvalue weighted by molar-refractivity contribution is 0.0764. The van der Waals surface area contributed by atoms with Crippen LogP contribution in [0.3, 0.4) is 0 Å². The molecule has 2 aromatic carbocycles. The minimum atomic E-state index is -2.70. The highest BCUT2D eigenvalue weighted by Crippen LogP contribution is 2.30. The molecule has 0 atom stereocenters. The molecule has 4 rings (SSSR count). The summed E-state index contributed by atoms with van der Waals surface area (Å²) in [5.74, 6) is -0.00935.